The highest BCUT2D eigenvalue weighted by Gasteiger charge is 2.28. The Balaban J connectivity index is 1.77. The molecule has 1 aromatic carbocycles. The molecular formula is C17H18N2O5S. The van der Waals surface area contributed by atoms with Crippen molar-refractivity contribution >= 4 is 21.7 Å². The van der Waals surface area contributed by atoms with Crippen LogP contribution in [0, 0.1) is 6.92 Å². The summed E-state index contributed by atoms with van der Waals surface area (Å²) in [6, 6.07) is 6.02. The van der Waals surface area contributed by atoms with Crippen LogP contribution in [-0.2, 0) is 23.0 Å². The van der Waals surface area contributed by atoms with Gasteiger partial charge < -0.3 is 9.73 Å². The molecule has 0 radical (unpaired) electrons. The van der Waals surface area contributed by atoms with E-state index < -0.39 is 15.9 Å². The van der Waals surface area contributed by atoms with E-state index in [2.05, 4.69) is 5.32 Å². The van der Waals surface area contributed by atoms with Gasteiger partial charge in [0.15, 0.2) is 11.5 Å². The maximum atomic E-state index is 12.4. The maximum absolute atomic E-state index is 12.4. The number of aryl methyl sites for hydroxylation is 1. The van der Waals surface area contributed by atoms with Crippen LogP contribution in [0.5, 0.6) is 0 Å². The van der Waals surface area contributed by atoms with Crippen LogP contribution in [0.2, 0.25) is 0 Å². The first-order valence-electron chi connectivity index (χ1n) is 7.83. The Labute approximate surface area is 145 Å². The molecule has 0 aliphatic heterocycles. The predicted molar refractivity (Wildman–Crippen MR) is 89.7 cm³/mol. The van der Waals surface area contributed by atoms with Crippen LogP contribution >= 0.6 is 0 Å². The van der Waals surface area contributed by atoms with Gasteiger partial charge in [0, 0.05) is 24.9 Å². The second-order valence-corrected chi connectivity index (χ2v) is 7.57. The molecule has 0 bridgehead atoms. The largest absolute Gasteiger partial charge is 0.455 e. The highest BCUT2D eigenvalue weighted by molar-refractivity contribution is 7.89. The molecule has 25 heavy (non-hydrogen) atoms. The van der Waals surface area contributed by atoms with Crippen LogP contribution in [0.25, 0.3) is 0 Å². The van der Waals surface area contributed by atoms with Crippen molar-refractivity contribution in [2.24, 2.45) is 5.14 Å². The number of amides is 1. The van der Waals surface area contributed by atoms with Crippen molar-refractivity contribution in [1.82, 2.24) is 5.32 Å². The number of nitrogens with two attached hydrogens (primary N) is 1. The number of hydrogen-bond acceptors (Lipinski definition) is 5. The fourth-order valence-corrected chi connectivity index (χ4v) is 3.54. The number of hydrogen-bond donors (Lipinski definition) is 2. The van der Waals surface area contributed by atoms with E-state index in [0.29, 0.717) is 35.3 Å². The first kappa shape index (κ1) is 17.4. The Morgan fingerprint density at radius 1 is 1.32 bits per heavy atom. The SMILES string of the molecule is Cc1c(C(=O)NCc2cccc(S(N)(=O)=O)c2)oc2c1C(=O)CCC2. The highest BCUT2D eigenvalue weighted by atomic mass is 32.2. The number of benzene rings is 1. The second kappa shape index (κ2) is 6.45. The average Bonchev–Trinajstić information content (AvgIpc) is 2.90. The maximum Gasteiger partial charge on any atom is 0.287 e. The molecule has 2 aromatic rings. The fraction of sp³-hybridized carbons (Fsp3) is 0.294. The van der Waals surface area contributed by atoms with Crippen LogP contribution in [0.4, 0.5) is 0 Å². The van der Waals surface area contributed by atoms with Gasteiger partial charge in [-0.15, -0.1) is 0 Å². The molecule has 8 heteroatoms. The number of primary sulfonamides is 1. The molecule has 0 fully saturated rings. The Morgan fingerprint density at radius 3 is 2.76 bits per heavy atom. The molecule has 3 N–H and O–H groups in total. The van der Waals surface area contributed by atoms with Gasteiger partial charge in [-0.25, -0.2) is 13.6 Å². The Morgan fingerprint density at radius 2 is 2.08 bits per heavy atom. The Kier molecular flexibility index (Phi) is 4.49. The molecule has 1 aliphatic carbocycles. The molecule has 1 amide bonds. The zero-order chi connectivity index (χ0) is 18.2. The van der Waals surface area contributed by atoms with E-state index >= 15 is 0 Å². The minimum atomic E-state index is -3.80. The highest BCUT2D eigenvalue weighted by Crippen LogP contribution is 2.29. The number of fused-ring (bicyclic) bond motifs is 1. The van der Waals surface area contributed by atoms with Gasteiger partial charge in [-0.3, -0.25) is 9.59 Å². The summed E-state index contributed by atoms with van der Waals surface area (Å²) in [4.78, 5) is 24.4. The Bertz CT molecular complexity index is 959. The summed E-state index contributed by atoms with van der Waals surface area (Å²) >= 11 is 0. The van der Waals surface area contributed by atoms with E-state index in [1.54, 1.807) is 19.1 Å². The molecular weight excluding hydrogens is 344 g/mol. The molecule has 3 rings (SSSR count). The number of rotatable bonds is 4. The monoisotopic (exact) mass is 362 g/mol. The molecule has 0 spiro atoms. The van der Waals surface area contributed by atoms with Crippen molar-refractivity contribution in [1.29, 1.82) is 0 Å². The second-order valence-electron chi connectivity index (χ2n) is 6.01. The zero-order valence-corrected chi connectivity index (χ0v) is 14.5. The van der Waals surface area contributed by atoms with Crippen molar-refractivity contribution in [3.8, 4) is 0 Å². The number of ketones is 1. The van der Waals surface area contributed by atoms with Gasteiger partial charge in [-0.2, -0.15) is 0 Å². The Hall–Kier alpha value is -2.45. The first-order chi connectivity index (χ1) is 11.8. The number of nitrogens with one attached hydrogen (secondary N) is 1. The molecule has 0 saturated carbocycles. The van der Waals surface area contributed by atoms with Crippen molar-refractivity contribution < 1.29 is 22.4 Å². The van der Waals surface area contributed by atoms with Crippen molar-refractivity contribution in [3.63, 3.8) is 0 Å². The molecule has 0 saturated heterocycles. The van der Waals surface area contributed by atoms with Crippen LogP contribution in [0.15, 0.2) is 33.6 Å². The molecule has 1 aliphatic rings. The lowest BCUT2D eigenvalue weighted by atomic mass is 9.94. The fourth-order valence-electron chi connectivity index (χ4n) is 2.96. The number of Topliss-reactive ketones (excluding diaryl/α,β-unsaturated/α-hetero) is 1. The van der Waals surface area contributed by atoms with Gasteiger partial charge in [-0.1, -0.05) is 12.1 Å². The average molecular weight is 362 g/mol. The van der Waals surface area contributed by atoms with Crippen LogP contribution in [-0.4, -0.2) is 20.1 Å². The van der Waals surface area contributed by atoms with Crippen molar-refractivity contribution in [2.45, 2.75) is 37.6 Å². The standard InChI is InChI=1S/C17H18N2O5S/c1-10-15-13(20)6-3-7-14(15)24-16(10)17(21)19-9-11-4-2-5-12(8-11)25(18,22)23/h2,4-5,8H,3,6-7,9H2,1H3,(H,19,21)(H2,18,22,23). The van der Waals surface area contributed by atoms with Crippen LogP contribution in [0.1, 0.15) is 50.6 Å². The van der Waals surface area contributed by atoms with E-state index in [0.717, 1.165) is 6.42 Å². The molecule has 0 unspecified atom stereocenters. The molecule has 1 heterocycles. The normalized spacial score (nSPS) is 14.2. The van der Waals surface area contributed by atoms with E-state index in [1.807, 2.05) is 0 Å². The van der Waals surface area contributed by atoms with Gasteiger partial charge in [-0.05, 0) is 31.0 Å². The van der Waals surface area contributed by atoms with Gasteiger partial charge in [0.1, 0.15) is 5.76 Å². The summed E-state index contributed by atoms with van der Waals surface area (Å²) < 4.78 is 28.3. The third kappa shape index (κ3) is 3.49. The number of sulfonamides is 1. The van der Waals surface area contributed by atoms with Crippen molar-refractivity contribution in [2.75, 3.05) is 0 Å². The smallest absolute Gasteiger partial charge is 0.287 e. The number of carbonyl (C=O) groups excluding carboxylic acids is 2. The summed E-state index contributed by atoms with van der Waals surface area (Å²) in [6.07, 6.45) is 1.83. The third-order valence-electron chi connectivity index (χ3n) is 4.19. The number of carbonyl (C=O) groups is 2. The number of furan rings is 1. The van der Waals surface area contributed by atoms with E-state index in [9.17, 15) is 18.0 Å². The van der Waals surface area contributed by atoms with Gasteiger partial charge in [0.25, 0.3) is 5.91 Å². The van der Waals surface area contributed by atoms with Gasteiger partial charge in [0.2, 0.25) is 10.0 Å². The van der Waals surface area contributed by atoms with Crippen LogP contribution in [0.3, 0.4) is 0 Å². The summed E-state index contributed by atoms with van der Waals surface area (Å²) in [6.45, 7) is 1.81. The molecule has 7 nitrogen and oxygen atoms in total. The first-order valence-corrected chi connectivity index (χ1v) is 9.37. The predicted octanol–water partition coefficient (Wildman–Crippen LogP) is 1.68. The molecule has 132 valence electrons. The van der Waals surface area contributed by atoms with E-state index in [1.165, 1.54) is 12.1 Å². The summed E-state index contributed by atoms with van der Waals surface area (Å²) in [5, 5.41) is 7.78. The zero-order valence-electron chi connectivity index (χ0n) is 13.7. The summed E-state index contributed by atoms with van der Waals surface area (Å²) in [5.74, 6) is 0.251. The molecule has 1 aromatic heterocycles. The minimum Gasteiger partial charge on any atom is -0.455 e. The van der Waals surface area contributed by atoms with Crippen LogP contribution < -0.4 is 10.5 Å². The topological polar surface area (TPSA) is 119 Å². The lowest BCUT2D eigenvalue weighted by molar-refractivity contribution is 0.0917. The lowest BCUT2D eigenvalue weighted by Gasteiger charge is -2.07. The quantitative estimate of drug-likeness (QED) is 0.857. The molecule has 0 atom stereocenters. The summed E-state index contributed by atoms with van der Waals surface area (Å²) in [5.41, 5.74) is 1.66. The lowest BCUT2D eigenvalue weighted by Crippen LogP contribution is -2.23. The minimum absolute atomic E-state index is 0.00223. The van der Waals surface area contributed by atoms with E-state index in [-0.39, 0.29) is 23.0 Å². The van der Waals surface area contributed by atoms with Gasteiger partial charge >= 0.3 is 0 Å². The summed E-state index contributed by atoms with van der Waals surface area (Å²) in [7, 11) is -3.80. The van der Waals surface area contributed by atoms with Gasteiger partial charge in [0.05, 0.1) is 10.5 Å². The third-order valence-corrected chi connectivity index (χ3v) is 5.10. The van der Waals surface area contributed by atoms with Crippen molar-refractivity contribution in [3.05, 3.63) is 52.5 Å². The van der Waals surface area contributed by atoms with E-state index in [4.69, 9.17) is 9.56 Å².